The molecular weight excluding hydrogens is 276 g/mol. The SMILES string of the molecule is CCCN(CCC)C(=O)/C=C\c1ccc(OC(C)C)c(N)c1. The molecule has 0 aliphatic heterocycles. The number of nitrogens with zero attached hydrogens (tertiary/aromatic N) is 1. The van der Waals surface area contributed by atoms with Crippen LogP contribution in [0.4, 0.5) is 5.69 Å². The van der Waals surface area contributed by atoms with Crippen molar-refractivity contribution in [1.82, 2.24) is 4.90 Å². The van der Waals surface area contributed by atoms with Gasteiger partial charge in [-0.05, 0) is 50.5 Å². The van der Waals surface area contributed by atoms with E-state index >= 15 is 0 Å². The van der Waals surface area contributed by atoms with Gasteiger partial charge < -0.3 is 15.4 Å². The van der Waals surface area contributed by atoms with Gasteiger partial charge in [-0.3, -0.25) is 4.79 Å². The van der Waals surface area contributed by atoms with Crippen molar-refractivity contribution in [2.45, 2.75) is 46.6 Å². The number of hydrogen-bond acceptors (Lipinski definition) is 3. The predicted octanol–water partition coefficient (Wildman–Crippen LogP) is 3.72. The van der Waals surface area contributed by atoms with Gasteiger partial charge in [0.05, 0.1) is 11.8 Å². The molecule has 0 bridgehead atoms. The Bertz CT molecular complexity index is 504. The van der Waals surface area contributed by atoms with Gasteiger partial charge in [0, 0.05) is 19.2 Å². The zero-order valence-corrected chi connectivity index (χ0v) is 14.1. The Balaban J connectivity index is 2.76. The lowest BCUT2D eigenvalue weighted by Crippen LogP contribution is -2.30. The number of amides is 1. The molecule has 0 atom stereocenters. The average molecular weight is 304 g/mol. The van der Waals surface area contributed by atoms with Crippen LogP contribution in [0.15, 0.2) is 24.3 Å². The standard InChI is InChI=1S/C18H28N2O2/c1-5-11-20(12-6-2)18(21)10-8-15-7-9-17(16(19)13-15)22-14(3)4/h7-10,13-14H,5-6,11-12,19H2,1-4H3/b10-8-. The third-order valence-electron chi connectivity index (χ3n) is 3.11. The van der Waals surface area contributed by atoms with E-state index in [1.807, 2.05) is 36.9 Å². The molecule has 0 fully saturated rings. The Morgan fingerprint density at radius 1 is 1.27 bits per heavy atom. The number of carbonyl (C=O) groups is 1. The van der Waals surface area contributed by atoms with Crippen LogP contribution in [0.3, 0.4) is 0 Å². The van der Waals surface area contributed by atoms with Crippen LogP contribution in [0, 0.1) is 0 Å². The summed E-state index contributed by atoms with van der Waals surface area (Å²) in [6, 6.07) is 5.57. The Hall–Kier alpha value is -1.97. The monoisotopic (exact) mass is 304 g/mol. The lowest BCUT2D eigenvalue weighted by Gasteiger charge is -2.19. The minimum atomic E-state index is 0.0461. The molecule has 0 radical (unpaired) electrons. The largest absolute Gasteiger partial charge is 0.489 e. The third-order valence-corrected chi connectivity index (χ3v) is 3.11. The molecule has 0 aliphatic rings. The molecule has 0 saturated heterocycles. The van der Waals surface area contributed by atoms with Gasteiger partial charge >= 0.3 is 0 Å². The average Bonchev–Trinajstić information content (AvgIpc) is 2.46. The van der Waals surface area contributed by atoms with Crippen LogP contribution in [0.5, 0.6) is 5.75 Å². The summed E-state index contributed by atoms with van der Waals surface area (Å²) in [7, 11) is 0. The zero-order valence-electron chi connectivity index (χ0n) is 14.1. The van der Waals surface area contributed by atoms with Gasteiger partial charge in [0.25, 0.3) is 0 Å². The van der Waals surface area contributed by atoms with E-state index in [0.29, 0.717) is 11.4 Å². The Morgan fingerprint density at radius 3 is 2.41 bits per heavy atom. The topological polar surface area (TPSA) is 55.6 Å². The zero-order chi connectivity index (χ0) is 16.5. The van der Waals surface area contributed by atoms with Crippen molar-refractivity contribution in [2.75, 3.05) is 18.8 Å². The number of nitrogens with two attached hydrogens (primary N) is 1. The number of nitrogen functional groups attached to an aromatic ring is 1. The summed E-state index contributed by atoms with van der Waals surface area (Å²) in [4.78, 5) is 14.0. The molecule has 122 valence electrons. The van der Waals surface area contributed by atoms with E-state index in [2.05, 4.69) is 13.8 Å². The van der Waals surface area contributed by atoms with Crippen LogP contribution >= 0.6 is 0 Å². The van der Waals surface area contributed by atoms with Crippen molar-refractivity contribution in [3.05, 3.63) is 29.8 Å². The van der Waals surface area contributed by atoms with Crippen molar-refractivity contribution >= 4 is 17.7 Å². The summed E-state index contributed by atoms with van der Waals surface area (Å²) in [6.07, 6.45) is 5.43. The smallest absolute Gasteiger partial charge is 0.246 e. The summed E-state index contributed by atoms with van der Waals surface area (Å²) in [6.45, 7) is 9.66. The molecule has 0 heterocycles. The van der Waals surface area contributed by atoms with Gasteiger partial charge in [-0.1, -0.05) is 19.9 Å². The maximum absolute atomic E-state index is 12.2. The molecule has 4 heteroatoms. The minimum Gasteiger partial charge on any atom is -0.489 e. The second-order valence-corrected chi connectivity index (χ2v) is 5.62. The molecule has 0 aliphatic carbocycles. The molecule has 0 saturated carbocycles. The van der Waals surface area contributed by atoms with E-state index in [1.54, 1.807) is 12.2 Å². The Kier molecular flexibility index (Phi) is 7.50. The van der Waals surface area contributed by atoms with E-state index in [1.165, 1.54) is 0 Å². The van der Waals surface area contributed by atoms with Crippen molar-refractivity contribution in [1.29, 1.82) is 0 Å². The molecule has 0 unspecified atom stereocenters. The number of benzene rings is 1. The van der Waals surface area contributed by atoms with E-state index in [4.69, 9.17) is 10.5 Å². The second kappa shape index (κ2) is 9.13. The fraction of sp³-hybridized carbons (Fsp3) is 0.500. The van der Waals surface area contributed by atoms with Gasteiger partial charge in [0.1, 0.15) is 5.75 Å². The highest BCUT2D eigenvalue weighted by Gasteiger charge is 2.08. The molecule has 22 heavy (non-hydrogen) atoms. The quantitative estimate of drug-likeness (QED) is 0.588. The second-order valence-electron chi connectivity index (χ2n) is 5.62. The minimum absolute atomic E-state index is 0.0461. The number of anilines is 1. The molecular formula is C18H28N2O2. The summed E-state index contributed by atoms with van der Waals surface area (Å²) in [5.74, 6) is 0.724. The molecule has 2 N–H and O–H groups in total. The molecule has 1 rings (SSSR count). The normalized spacial score (nSPS) is 11.1. The molecule has 0 aromatic heterocycles. The summed E-state index contributed by atoms with van der Waals surface area (Å²) in [5, 5.41) is 0. The Morgan fingerprint density at radius 2 is 1.91 bits per heavy atom. The van der Waals surface area contributed by atoms with E-state index in [-0.39, 0.29) is 12.0 Å². The maximum Gasteiger partial charge on any atom is 0.246 e. The van der Waals surface area contributed by atoms with E-state index in [0.717, 1.165) is 31.5 Å². The van der Waals surface area contributed by atoms with Crippen LogP contribution < -0.4 is 10.5 Å². The van der Waals surface area contributed by atoms with E-state index in [9.17, 15) is 4.79 Å². The fourth-order valence-electron chi connectivity index (χ4n) is 2.18. The number of rotatable bonds is 8. The van der Waals surface area contributed by atoms with Crippen molar-refractivity contribution in [3.63, 3.8) is 0 Å². The molecule has 0 spiro atoms. The summed E-state index contributed by atoms with van der Waals surface area (Å²) in [5.41, 5.74) is 7.46. The number of hydrogen-bond donors (Lipinski definition) is 1. The molecule has 1 aromatic rings. The van der Waals surface area contributed by atoms with Gasteiger partial charge in [-0.15, -0.1) is 0 Å². The van der Waals surface area contributed by atoms with Crippen LogP contribution in [0.1, 0.15) is 46.1 Å². The van der Waals surface area contributed by atoms with Crippen LogP contribution in [-0.2, 0) is 4.79 Å². The lowest BCUT2D eigenvalue weighted by molar-refractivity contribution is -0.126. The first kappa shape index (κ1) is 18.1. The Labute approximate surface area is 133 Å². The first-order valence-electron chi connectivity index (χ1n) is 8.01. The highest BCUT2D eigenvalue weighted by Crippen LogP contribution is 2.24. The maximum atomic E-state index is 12.2. The van der Waals surface area contributed by atoms with Crippen LogP contribution in [0.25, 0.3) is 6.08 Å². The first-order valence-corrected chi connectivity index (χ1v) is 8.01. The van der Waals surface area contributed by atoms with E-state index < -0.39 is 0 Å². The highest BCUT2D eigenvalue weighted by molar-refractivity contribution is 5.92. The van der Waals surface area contributed by atoms with Crippen molar-refractivity contribution in [3.8, 4) is 5.75 Å². The summed E-state index contributed by atoms with van der Waals surface area (Å²) < 4.78 is 5.60. The molecule has 1 amide bonds. The highest BCUT2D eigenvalue weighted by atomic mass is 16.5. The van der Waals surface area contributed by atoms with Gasteiger partial charge in [0.15, 0.2) is 0 Å². The van der Waals surface area contributed by atoms with Crippen molar-refractivity contribution in [2.24, 2.45) is 0 Å². The lowest BCUT2D eigenvalue weighted by atomic mass is 10.1. The molecule has 4 nitrogen and oxygen atoms in total. The van der Waals surface area contributed by atoms with Crippen LogP contribution in [-0.4, -0.2) is 30.0 Å². The third kappa shape index (κ3) is 5.80. The predicted molar refractivity (Wildman–Crippen MR) is 92.8 cm³/mol. The molecule has 1 aromatic carbocycles. The first-order chi connectivity index (χ1) is 10.5. The van der Waals surface area contributed by atoms with Gasteiger partial charge in [-0.2, -0.15) is 0 Å². The number of carbonyl (C=O) groups excluding carboxylic acids is 1. The van der Waals surface area contributed by atoms with Crippen LogP contribution in [0.2, 0.25) is 0 Å². The van der Waals surface area contributed by atoms with Crippen molar-refractivity contribution < 1.29 is 9.53 Å². The van der Waals surface area contributed by atoms with Gasteiger partial charge in [0.2, 0.25) is 5.91 Å². The summed E-state index contributed by atoms with van der Waals surface area (Å²) >= 11 is 0. The fourth-order valence-corrected chi connectivity index (χ4v) is 2.18. The van der Waals surface area contributed by atoms with Gasteiger partial charge in [-0.25, -0.2) is 0 Å². The number of ether oxygens (including phenoxy) is 1.